The lowest BCUT2D eigenvalue weighted by Crippen LogP contribution is -2.50. The van der Waals surface area contributed by atoms with Gasteiger partial charge in [0.05, 0.1) is 12.5 Å². The molecule has 0 aromatic heterocycles. The largest absolute Gasteiger partial charge is 0.383 e. The summed E-state index contributed by atoms with van der Waals surface area (Å²) in [5.74, 6) is 0. The Balaban J connectivity index is 2.66. The molecule has 4 atom stereocenters. The number of hydrogen-bond acceptors (Lipinski definition) is 5. The highest BCUT2D eigenvalue weighted by atomic mass is 16.7. The fourth-order valence-corrected chi connectivity index (χ4v) is 1.39. The van der Waals surface area contributed by atoms with Gasteiger partial charge in [-0.1, -0.05) is 0 Å². The van der Waals surface area contributed by atoms with Crippen LogP contribution in [0.3, 0.4) is 0 Å². The average Bonchev–Trinajstić information content (AvgIpc) is 2.09. The van der Waals surface area contributed by atoms with Gasteiger partial charge in [-0.15, -0.1) is 0 Å². The van der Waals surface area contributed by atoms with E-state index < -0.39 is 29.5 Å². The molecule has 1 N–H and O–H groups in total. The van der Waals surface area contributed by atoms with Gasteiger partial charge in [0, 0.05) is 12.0 Å². The van der Waals surface area contributed by atoms with Gasteiger partial charge in [0.1, 0.15) is 6.10 Å². The highest BCUT2D eigenvalue weighted by molar-refractivity contribution is 4.80. The Labute approximate surface area is 75.6 Å². The zero-order chi connectivity index (χ0) is 10.0. The number of aliphatic hydroxyl groups is 1. The van der Waals surface area contributed by atoms with Gasteiger partial charge in [-0.05, 0) is 6.92 Å². The second kappa shape index (κ2) is 3.99. The van der Waals surface area contributed by atoms with Crippen molar-refractivity contribution in [3.05, 3.63) is 10.1 Å². The second-order valence-electron chi connectivity index (χ2n) is 3.09. The minimum absolute atomic E-state index is 0.0923. The van der Waals surface area contributed by atoms with Crippen LogP contribution in [-0.4, -0.2) is 41.7 Å². The third-order valence-corrected chi connectivity index (χ3v) is 2.21. The Morgan fingerprint density at radius 3 is 2.77 bits per heavy atom. The average molecular weight is 191 g/mol. The third kappa shape index (κ3) is 2.15. The quantitative estimate of drug-likeness (QED) is 0.481. The molecule has 1 fully saturated rings. The maximum atomic E-state index is 10.5. The van der Waals surface area contributed by atoms with E-state index in [0.29, 0.717) is 0 Å². The molecule has 1 rings (SSSR count). The first-order valence-corrected chi connectivity index (χ1v) is 4.06. The molecule has 0 spiro atoms. The second-order valence-corrected chi connectivity index (χ2v) is 3.09. The van der Waals surface area contributed by atoms with E-state index in [1.165, 1.54) is 7.11 Å². The van der Waals surface area contributed by atoms with Gasteiger partial charge in [0.25, 0.3) is 0 Å². The first-order chi connectivity index (χ1) is 6.06. The predicted octanol–water partition coefficient (Wildman–Crippen LogP) is -0.226. The first kappa shape index (κ1) is 10.4. The molecule has 0 saturated carbocycles. The summed E-state index contributed by atoms with van der Waals surface area (Å²) in [6, 6.07) is -0.992. The van der Waals surface area contributed by atoms with Crippen molar-refractivity contribution in [3.63, 3.8) is 0 Å². The molecular formula is C7H13NO5. The Morgan fingerprint density at radius 2 is 2.31 bits per heavy atom. The van der Waals surface area contributed by atoms with Gasteiger partial charge in [-0.3, -0.25) is 10.1 Å². The minimum Gasteiger partial charge on any atom is -0.383 e. The highest BCUT2D eigenvalue weighted by Crippen LogP contribution is 2.22. The number of hydrogen-bond donors (Lipinski definition) is 1. The Kier molecular flexibility index (Phi) is 3.18. The van der Waals surface area contributed by atoms with Crippen LogP contribution in [0.25, 0.3) is 0 Å². The molecule has 0 aromatic rings. The van der Waals surface area contributed by atoms with Crippen molar-refractivity contribution in [1.82, 2.24) is 0 Å². The predicted molar refractivity (Wildman–Crippen MR) is 42.8 cm³/mol. The van der Waals surface area contributed by atoms with Gasteiger partial charge in [-0.2, -0.15) is 0 Å². The van der Waals surface area contributed by atoms with E-state index in [1.807, 2.05) is 0 Å². The van der Waals surface area contributed by atoms with Crippen LogP contribution in [0.4, 0.5) is 0 Å². The summed E-state index contributed by atoms with van der Waals surface area (Å²) < 4.78 is 10.0. The number of aliphatic hydroxyl groups excluding tert-OH is 1. The molecule has 0 radical (unpaired) electrons. The smallest absolute Gasteiger partial charge is 0.245 e. The highest BCUT2D eigenvalue weighted by Gasteiger charge is 2.42. The Hall–Kier alpha value is -0.720. The molecule has 1 saturated heterocycles. The molecule has 0 unspecified atom stereocenters. The Bertz CT molecular complexity index is 197. The van der Waals surface area contributed by atoms with Crippen molar-refractivity contribution < 1.29 is 19.5 Å². The SMILES string of the molecule is CO[C@H]1C[C@H]([N+](=O)[O-])[C@@H](O)[C@H](C)O1. The van der Waals surface area contributed by atoms with Crippen molar-refractivity contribution in [2.24, 2.45) is 0 Å². The molecule has 76 valence electrons. The molecule has 0 aliphatic carbocycles. The first-order valence-electron chi connectivity index (χ1n) is 4.06. The summed E-state index contributed by atoms with van der Waals surface area (Å²) in [6.07, 6.45) is -2.11. The summed E-state index contributed by atoms with van der Waals surface area (Å²) in [4.78, 5) is 10.0. The molecule has 13 heavy (non-hydrogen) atoms. The number of ether oxygens (including phenoxy) is 2. The standard InChI is InChI=1S/C7H13NO5/c1-4-7(9)5(8(10)11)3-6(12-2)13-4/h4-7,9H,3H2,1-2H3/t4-,5-,6+,7-/m0/s1. The van der Waals surface area contributed by atoms with Crippen LogP contribution < -0.4 is 0 Å². The maximum Gasteiger partial charge on any atom is 0.245 e. The maximum absolute atomic E-state index is 10.5. The lowest BCUT2D eigenvalue weighted by Gasteiger charge is -2.32. The summed E-state index contributed by atoms with van der Waals surface area (Å²) in [6.45, 7) is 1.59. The van der Waals surface area contributed by atoms with Crippen molar-refractivity contribution in [2.75, 3.05) is 7.11 Å². The van der Waals surface area contributed by atoms with E-state index in [0.717, 1.165) is 0 Å². The molecule has 1 heterocycles. The summed E-state index contributed by atoms with van der Waals surface area (Å²) in [5.41, 5.74) is 0. The van der Waals surface area contributed by atoms with Gasteiger partial charge in [0.2, 0.25) is 6.04 Å². The van der Waals surface area contributed by atoms with Crippen molar-refractivity contribution in [2.45, 2.75) is 37.9 Å². The van der Waals surface area contributed by atoms with Gasteiger partial charge < -0.3 is 14.6 Å². The molecule has 6 heteroatoms. The summed E-state index contributed by atoms with van der Waals surface area (Å²) >= 11 is 0. The molecular weight excluding hydrogens is 178 g/mol. The zero-order valence-corrected chi connectivity index (χ0v) is 7.54. The van der Waals surface area contributed by atoms with Crippen LogP contribution in [0.15, 0.2) is 0 Å². The van der Waals surface area contributed by atoms with E-state index in [4.69, 9.17) is 9.47 Å². The summed E-state index contributed by atoms with van der Waals surface area (Å²) in [7, 11) is 1.42. The minimum atomic E-state index is -1.05. The van der Waals surface area contributed by atoms with Crippen LogP contribution in [-0.2, 0) is 9.47 Å². The van der Waals surface area contributed by atoms with Crippen LogP contribution in [0.2, 0.25) is 0 Å². The number of methoxy groups -OCH3 is 1. The molecule has 1 aliphatic heterocycles. The van der Waals surface area contributed by atoms with Crippen LogP contribution in [0.5, 0.6) is 0 Å². The van der Waals surface area contributed by atoms with E-state index >= 15 is 0 Å². The fourth-order valence-electron chi connectivity index (χ4n) is 1.39. The normalized spacial score (nSPS) is 40.2. The van der Waals surface area contributed by atoms with Crippen LogP contribution in [0, 0.1) is 10.1 Å². The lowest BCUT2D eigenvalue weighted by atomic mass is 10.0. The van der Waals surface area contributed by atoms with Gasteiger partial charge >= 0.3 is 0 Å². The van der Waals surface area contributed by atoms with Crippen molar-refractivity contribution >= 4 is 0 Å². The van der Waals surface area contributed by atoms with Crippen LogP contribution >= 0.6 is 0 Å². The molecule has 0 aromatic carbocycles. The number of nitro groups is 1. The van der Waals surface area contributed by atoms with Crippen LogP contribution in [0.1, 0.15) is 13.3 Å². The zero-order valence-electron chi connectivity index (χ0n) is 7.54. The van der Waals surface area contributed by atoms with E-state index in [2.05, 4.69) is 0 Å². The third-order valence-electron chi connectivity index (χ3n) is 2.21. The molecule has 6 nitrogen and oxygen atoms in total. The molecule has 1 aliphatic rings. The monoisotopic (exact) mass is 191 g/mol. The van der Waals surface area contributed by atoms with Gasteiger partial charge in [-0.25, -0.2) is 0 Å². The lowest BCUT2D eigenvalue weighted by molar-refractivity contribution is -0.549. The number of nitrogens with zero attached hydrogens (tertiary/aromatic N) is 1. The van der Waals surface area contributed by atoms with E-state index in [9.17, 15) is 15.2 Å². The molecule has 0 bridgehead atoms. The summed E-state index contributed by atoms with van der Waals surface area (Å²) in [5, 5.41) is 19.9. The molecule has 0 amide bonds. The van der Waals surface area contributed by atoms with Crippen molar-refractivity contribution in [3.8, 4) is 0 Å². The fraction of sp³-hybridized carbons (Fsp3) is 1.00. The van der Waals surface area contributed by atoms with E-state index in [-0.39, 0.29) is 6.42 Å². The number of rotatable bonds is 2. The topological polar surface area (TPSA) is 81.8 Å². The van der Waals surface area contributed by atoms with E-state index in [1.54, 1.807) is 6.92 Å². The Morgan fingerprint density at radius 1 is 1.69 bits per heavy atom. The van der Waals surface area contributed by atoms with Crippen molar-refractivity contribution in [1.29, 1.82) is 0 Å². The van der Waals surface area contributed by atoms with Gasteiger partial charge in [0.15, 0.2) is 6.29 Å².